The first-order valence-corrected chi connectivity index (χ1v) is 13.2. The number of aryl methyl sites for hydroxylation is 2. The molecule has 0 bridgehead atoms. The van der Waals surface area contributed by atoms with Crippen molar-refractivity contribution in [3.05, 3.63) is 87.8 Å². The third-order valence-electron chi connectivity index (χ3n) is 5.65. The van der Waals surface area contributed by atoms with Gasteiger partial charge in [0.1, 0.15) is 19.0 Å². The van der Waals surface area contributed by atoms with Gasteiger partial charge in [-0.2, -0.15) is 0 Å². The highest BCUT2D eigenvalue weighted by molar-refractivity contribution is 8.27. The standard InChI is InChI=1S/C29H27NO6S2/c1-4-34-25-15-20(10-11-23(25)35-12-13-36-24-14-18(2)8-9-19(24)3)16-26-27(31)30(29(37)38-26)22-7-5-6-21(17-22)28(32)33/h5-11,14-17H,4,12-13H2,1-3H3,(H,32,33)/b26-16-. The number of carboxylic acids is 1. The lowest BCUT2D eigenvalue weighted by Gasteiger charge is -2.15. The number of anilines is 1. The molecule has 0 atom stereocenters. The highest BCUT2D eigenvalue weighted by Crippen LogP contribution is 2.37. The summed E-state index contributed by atoms with van der Waals surface area (Å²) in [6, 6.07) is 17.6. The van der Waals surface area contributed by atoms with E-state index in [4.69, 9.17) is 26.4 Å². The predicted molar refractivity (Wildman–Crippen MR) is 154 cm³/mol. The summed E-state index contributed by atoms with van der Waals surface area (Å²) in [7, 11) is 0. The molecule has 9 heteroatoms. The highest BCUT2D eigenvalue weighted by atomic mass is 32.2. The number of aromatic carboxylic acids is 1. The van der Waals surface area contributed by atoms with Crippen LogP contribution in [0.15, 0.2) is 65.6 Å². The third-order valence-corrected chi connectivity index (χ3v) is 6.95. The Morgan fingerprint density at radius 1 is 0.974 bits per heavy atom. The van der Waals surface area contributed by atoms with E-state index in [1.807, 2.05) is 51.1 Å². The fourth-order valence-electron chi connectivity index (χ4n) is 3.79. The van der Waals surface area contributed by atoms with Gasteiger partial charge in [-0.05, 0) is 79.9 Å². The number of amides is 1. The van der Waals surface area contributed by atoms with Crippen LogP contribution in [-0.4, -0.2) is 41.1 Å². The average molecular weight is 550 g/mol. The fraction of sp³-hybridized carbons (Fsp3) is 0.207. The monoisotopic (exact) mass is 549 g/mol. The smallest absolute Gasteiger partial charge is 0.335 e. The minimum Gasteiger partial charge on any atom is -0.490 e. The van der Waals surface area contributed by atoms with Gasteiger partial charge < -0.3 is 19.3 Å². The zero-order chi connectivity index (χ0) is 27.2. The molecule has 0 unspecified atom stereocenters. The lowest BCUT2D eigenvalue weighted by molar-refractivity contribution is -0.113. The second kappa shape index (κ2) is 12.1. The average Bonchev–Trinajstić information content (AvgIpc) is 3.17. The number of carbonyl (C=O) groups excluding carboxylic acids is 1. The van der Waals surface area contributed by atoms with Crippen molar-refractivity contribution in [1.82, 2.24) is 0 Å². The van der Waals surface area contributed by atoms with Crippen molar-refractivity contribution in [2.45, 2.75) is 20.8 Å². The van der Waals surface area contributed by atoms with Gasteiger partial charge in [-0.3, -0.25) is 9.69 Å². The number of benzene rings is 3. The Morgan fingerprint density at radius 2 is 1.74 bits per heavy atom. The van der Waals surface area contributed by atoms with Gasteiger partial charge in [-0.15, -0.1) is 0 Å². The molecule has 38 heavy (non-hydrogen) atoms. The number of hydrogen-bond acceptors (Lipinski definition) is 7. The molecular formula is C29H27NO6S2. The van der Waals surface area contributed by atoms with Crippen molar-refractivity contribution < 1.29 is 28.9 Å². The molecule has 0 spiro atoms. The minimum atomic E-state index is -1.07. The van der Waals surface area contributed by atoms with Gasteiger partial charge in [-0.25, -0.2) is 4.79 Å². The van der Waals surface area contributed by atoms with Crippen molar-refractivity contribution in [2.75, 3.05) is 24.7 Å². The topological polar surface area (TPSA) is 85.3 Å². The Hall–Kier alpha value is -3.82. The van der Waals surface area contributed by atoms with Crippen LogP contribution in [0.5, 0.6) is 17.2 Å². The van der Waals surface area contributed by atoms with Gasteiger partial charge in [0, 0.05) is 0 Å². The van der Waals surface area contributed by atoms with E-state index in [1.54, 1.807) is 24.3 Å². The summed E-state index contributed by atoms with van der Waals surface area (Å²) >= 11 is 6.58. The Morgan fingerprint density at radius 3 is 2.47 bits per heavy atom. The van der Waals surface area contributed by atoms with Crippen molar-refractivity contribution in [1.29, 1.82) is 0 Å². The Labute approximate surface area is 231 Å². The number of carboxylic acid groups (broad SMARTS) is 1. The van der Waals surface area contributed by atoms with Gasteiger partial charge in [0.2, 0.25) is 0 Å². The van der Waals surface area contributed by atoms with Crippen LogP contribution in [0, 0.1) is 13.8 Å². The van der Waals surface area contributed by atoms with E-state index in [1.165, 1.54) is 17.0 Å². The molecule has 3 aromatic carbocycles. The van der Waals surface area contributed by atoms with Gasteiger partial charge in [-0.1, -0.05) is 48.2 Å². The van der Waals surface area contributed by atoms with Gasteiger partial charge in [0.05, 0.1) is 22.8 Å². The normalized spacial score (nSPS) is 14.2. The summed E-state index contributed by atoms with van der Waals surface area (Å²) in [5.74, 6) is 0.574. The first-order valence-electron chi connectivity index (χ1n) is 12.0. The third kappa shape index (κ3) is 6.35. The lowest BCUT2D eigenvalue weighted by atomic mass is 10.1. The number of thiocarbonyl (C=S) groups is 1. The van der Waals surface area contributed by atoms with Crippen LogP contribution in [0.3, 0.4) is 0 Å². The summed E-state index contributed by atoms with van der Waals surface area (Å²) in [4.78, 5) is 26.3. The maximum Gasteiger partial charge on any atom is 0.335 e. The second-order valence-electron chi connectivity index (χ2n) is 8.48. The molecule has 1 fully saturated rings. The van der Waals surface area contributed by atoms with Gasteiger partial charge in [0.25, 0.3) is 5.91 Å². The Balaban J connectivity index is 1.46. The van der Waals surface area contributed by atoms with E-state index < -0.39 is 5.97 Å². The van der Waals surface area contributed by atoms with Gasteiger partial charge >= 0.3 is 5.97 Å². The molecule has 7 nitrogen and oxygen atoms in total. The van der Waals surface area contributed by atoms with Crippen molar-refractivity contribution in [3.63, 3.8) is 0 Å². The molecule has 1 amide bonds. The number of thioether (sulfide) groups is 1. The number of carbonyl (C=O) groups is 2. The Kier molecular flexibility index (Phi) is 8.70. The quantitative estimate of drug-likeness (QED) is 0.180. The van der Waals surface area contributed by atoms with E-state index in [0.717, 1.165) is 34.2 Å². The number of nitrogens with zero attached hydrogens (tertiary/aromatic N) is 1. The number of hydrogen-bond donors (Lipinski definition) is 1. The first kappa shape index (κ1) is 27.2. The molecule has 1 aliphatic heterocycles. The van der Waals surface area contributed by atoms with Gasteiger partial charge in [0.15, 0.2) is 15.8 Å². The molecule has 1 N–H and O–H groups in total. The molecular weight excluding hydrogens is 522 g/mol. The molecule has 0 aromatic heterocycles. The maximum atomic E-state index is 13.1. The summed E-state index contributed by atoms with van der Waals surface area (Å²) in [6.45, 7) is 7.07. The van der Waals surface area contributed by atoms with E-state index >= 15 is 0 Å². The summed E-state index contributed by atoms with van der Waals surface area (Å²) in [5.41, 5.74) is 3.43. The minimum absolute atomic E-state index is 0.0805. The fourth-order valence-corrected chi connectivity index (χ4v) is 5.09. The lowest BCUT2D eigenvalue weighted by Crippen LogP contribution is -2.27. The van der Waals surface area contributed by atoms with Crippen molar-refractivity contribution in [3.8, 4) is 17.2 Å². The molecule has 1 saturated heterocycles. The van der Waals surface area contributed by atoms with E-state index in [9.17, 15) is 14.7 Å². The van der Waals surface area contributed by atoms with Crippen LogP contribution in [0.1, 0.15) is 34.0 Å². The molecule has 1 heterocycles. The Bertz CT molecular complexity index is 1420. The SMILES string of the molecule is CCOc1cc(/C=C2\SC(=S)N(c3cccc(C(=O)O)c3)C2=O)ccc1OCCOc1cc(C)ccc1C. The molecule has 0 aliphatic carbocycles. The second-order valence-corrected chi connectivity index (χ2v) is 10.2. The molecule has 1 aliphatic rings. The molecule has 0 radical (unpaired) electrons. The van der Waals surface area contributed by atoms with Crippen LogP contribution in [0.2, 0.25) is 0 Å². The van der Waals surface area contributed by atoms with Crippen LogP contribution in [-0.2, 0) is 4.79 Å². The number of ether oxygens (including phenoxy) is 3. The molecule has 0 saturated carbocycles. The van der Waals surface area contributed by atoms with Crippen LogP contribution >= 0.6 is 24.0 Å². The van der Waals surface area contributed by atoms with Crippen molar-refractivity contribution in [2.24, 2.45) is 0 Å². The summed E-state index contributed by atoms with van der Waals surface area (Å²) < 4.78 is 17.9. The van der Waals surface area contributed by atoms with E-state index in [-0.39, 0.29) is 11.5 Å². The maximum absolute atomic E-state index is 13.1. The molecule has 4 rings (SSSR count). The molecule has 196 valence electrons. The highest BCUT2D eigenvalue weighted by Gasteiger charge is 2.33. The first-order chi connectivity index (χ1) is 18.3. The number of rotatable bonds is 10. The largest absolute Gasteiger partial charge is 0.490 e. The van der Waals surface area contributed by atoms with Crippen LogP contribution in [0.25, 0.3) is 6.08 Å². The zero-order valence-corrected chi connectivity index (χ0v) is 22.9. The summed E-state index contributed by atoms with van der Waals surface area (Å²) in [5, 5.41) is 9.28. The molecule has 3 aromatic rings. The van der Waals surface area contributed by atoms with E-state index in [0.29, 0.717) is 46.2 Å². The van der Waals surface area contributed by atoms with Crippen LogP contribution < -0.4 is 19.1 Å². The predicted octanol–water partition coefficient (Wildman–Crippen LogP) is 6.26. The summed E-state index contributed by atoms with van der Waals surface area (Å²) in [6.07, 6.45) is 1.73. The van der Waals surface area contributed by atoms with Crippen molar-refractivity contribution >= 4 is 51.9 Å². The van der Waals surface area contributed by atoms with E-state index in [2.05, 4.69) is 0 Å². The zero-order valence-electron chi connectivity index (χ0n) is 21.2. The van der Waals surface area contributed by atoms with Crippen LogP contribution in [0.4, 0.5) is 5.69 Å².